The van der Waals surface area contributed by atoms with Gasteiger partial charge in [0.05, 0.1) is 53.3 Å². The van der Waals surface area contributed by atoms with Crippen molar-refractivity contribution >= 4 is 41.8 Å². The number of ether oxygens (including phenoxy) is 12. The number of allylic oxidation sites excluding steroid dienone is 2. The van der Waals surface area contributed by atoms with Gasteiger partial charge in [-0.2, -0.15) is 0 Å². The highest BCUT2D eigenvalue weighted by Gasteiger charge is 2.67. The summed E-state index contributed by atoms with van der Waals surface area (Å²) in [7, 11) is 0. The Morgan fingerprint density at radius 2 is 1.03 bits per heavy atom. The van der Waals surface area contributed by atoms with Gasteiger partial charge in [-0.1, -0.05) is 100.0 Å². The summed E-state index contributed by atoms with van der Waals surface area (Å²) in [5, 5.41) is 22.4. The molecular formula is C80H100O21. The van der Waals surface area contributed by atoms with Gasteiger partial charge in [-0.25, -0.2) is 33.6 Å². The van der Waals surface area contributed by atoms with E-state index < -0.39 is 78.4 Å². The average Bonchev–Trinajstić information content (AvgIpc) is 1.59. The molecule has 8 aliphatic heterocycles. The molecular weight excluding hydrogens is 1300 g/mol. The molecule has 16 rings (SSSR count). The second-order valence-corrected chi connectivity index (χ2v) is 32.6. The minimum absolute atomic E-state index is 0.0180. The van der Waals surface area contributed by atoms with Gasteiger partial charge < -0.3 is 67.1 Å². The molecule has 17 atom stereocenters. The number of aliphatic hydroxyl groups excluding tert-OH is 1. The highest BCUT2D eigenvalue weighted by Crippen LogP contribution is 2.62. The van der Waals surface area contributed by atoms with E-state index in [4.69, 9.17) is 56.8 Å². The van der Waals surface area contributed by atoms with Crippen molar-refractivity contribution in [2.45, 2.75) is 248 Å². The topological polar surface area (TPSA) is 271 Å². The van der Waals surface area contributed by atoms with Crippen LogP contribution in [0.2, 0.25) is 0 Å². The largest absolute Gasteiger partial charge is 0.458 e. The summed E-state index contributed by atoms with van der Waals surface area (Å²) in [6.07, 6.45) is 26.1. The molecule has 0 amide bonds. The van der Waals surface area contributed by atoms with Crippen LogP contribution in [0.3, 0.4) is 0 Å². The molecule has 0 aromatic heterocycles. The highest BCUT2D eigenvalue weighted by molar-refractivity contribution is 5.95. The fourth-order valence-corrected chi connectivity index (χ4v) is 18.4. The first-order valence-corrected chi connectivity index (χ1v) is 36.2. The third kappa shape index (κ3) is 13.4. The molecule has 546 valence electrons. The molecule has 14 unspecified atom stereocenters. The standard InChI is InChI=1S/C20H26O4.2C19H22O6.C18H20O5.C4H10/c1-11-8-16(23-12(11)2)22-10-15-14-9-13-6-5-7-20(3,4)17(13)18(14)24-19(15)21;1-10-7-14(24-16(10)20)23-9-13-12-8-11-5-4-6-18(2,3)19(11,22)15(12)25-17(13)21;1-10-7-14(24-16(10)21)23-9-13-12-8-11-5-4-6-18(2,3)19(11,15(12)20)25-17(13)22;1-9-4-3-5-11-7-12-13(18(20)23-16(12)15(9)11)8-21-14-6-10(2)17(19)22-14;1-4(2)3/h8,10,13-14,16-18H,2,5-7,9H2,1,3-4H3;7-9,12,14-15,22H,4-6H2,1-3H3;7-9,12,14-15,20H,4-6H2,1-3H3;6,8-9,12,14,16H,3-5,7H2,1-2H3;4H,1-3H3/b15-10+;2*13-9+;13-8+;/t;;12-,14?,15-,19-;;/m..1../s1. The zero-order chi connectivity index (χ0) is 72.7. The van der Waals surface area contributed by atoms with Crippen LogP contribution in [-0.2, 0) is 90.4 Å². The minimum Gasteiger partial charge on any atom is -0.458 e. The van der Waals surface area contributed by atoms with Gasteiger partial charge in [-0.3, -0.25) is 0 Å². The van der Waals surface area contributed by atoms with Crippen molar-refractivity contribution in [3.05, 3.63) is 141 Å². The average molecular weight is 1400 g/mol. The number of fused-ring (bicyclic) bond motifs is 9. The number of carbonyl (C=O) groups is 7. The summed E-state index contributed by atoms with van der Waals surface area (Å²) < 4.78 is 65.4. The summed E-state index contributed by atoms with van der Waals surface area (Å²) in [5.41, 5.74) is 6.47. The first kappa shape index (κ1) is 72.9. The zero-order valence-electron chi connectivity index (χ0n) is 60.8. The number of rotatable bonds is 8. The molecule has 8 fully saturated rings. The molecule has 2 N–H and O–H groups in total. The second-order valence-electron chi connectivity index (χ2n) is 32.6. The van der Waals surface area contributed by atoms with E-state index >= 15 is 0 Å². The van der Waals surface area contributed by atoms with Crippen LogP contribution in [0.1, 0.15) is 187 Å². The summed E-state index contributed by atoms with van der Waals surface area (Å²) >= 11 is 0. The van der Waals surface area contributed by atoms with Crippen LogP contribution in [-0.4, -0.2) is 113 Å². The van der Waals surface area contributed by atoms with Gasteiger partial charge in [-0.05, 0) is 157 Å². The molecule has 21 nitrogen and oxygen atoms in total. The fourth-order valence-electron chi connectivity index (χ4n) is 18.4. The summed E-state index contributed by atoms with van der Waals surface area (Å²) in [6, 6.07) is 0. The van der Waals surface area contributed by atoms with Gasteiger partial charge >= 0.3 is 41.8 Å². The first-order chi connectivity index (χ1) is 47.6. The van der Waals surface area contributed by atoms with E-state index in [1.54, 1.807) is 45.3 Å². The van der Waals surface area contributed by atoms with E-state index in [1.165, 1.54) is 55.6 Å². The van der Waals surface area contributed by atoms with E-state index in [1.807, 2.05) is 52.8 Å². The Kier molecular flexibility index (Phi) is 20.0. The molecule has 4 saturated heterocycles. The Bertz CT molecular complexity index is 3810. The van der Waals surface area contributed by atoms with E-state index in [0.29, 0.717) is 57.0 Å². The normalized spacial score (nSPS) is 38.6. The number of aliphatic hydroxyl groups is 2. The fraction of sp³-hybridized carbons (Fsp3) is 0.613. The Hall–Kier alpha value is -7.91. The number of esters is 7. The lowest BCUT2D eigenvalue weighted by Gasteiger charge is -2.52. The predicted octanol–water partition coefficient (Wildman–Crippen LogP) is 12.8. The molecule has 16 aliphatic rings. The Morgan fingerprint density at radius 1 is 0.535 bits per heavy atom. The quantitative estimate of drug-likeness (QED) is 0.0751. The van der Waals surface area contributed by atoms with Crippen LogP contribution in [0.4, 0.5) is 0 Å². The van der Waals surface area contributed by atoms with E-state index in [0.717, 1.165) is 86.8 Å². The predicted molar refractivity (Wildman–Crippen MR) is 365 cm³/mol. The molecule has 8 aliphatic carbocycles. The van der Waals surface area contributed by atoms with Crippen LogP contribution < -0.4 is 0 Å². The molecule has 0 radical (unpaired) electrons. The first-order valence-electron chi connectivity index (χ1n) is 36.2. The third-order valence-electron chi connectivity index (χ3n) is 23.7. The van der Waals surface area contributed by atoms with Gasteiger partial charge in [-0.15, -0.1) is 0 Å². The maximum absolute atomic E-state index is 12.6. The number of carbonyl (C=O) groups excluding carboxylic acids is 7. The molecule has 4 saturated carbocycles. The molecule has 8 heterocycles. The van der Waals surface area contributed by atoms with Gasteiger partial charge in [0.15, 0.2) is 5.60 Å². The lowest BCUT2D eigenvalue weighted by atomic mass is 9.61. The van der Waals surface area contributed by atoms with E-state index in [9.17, 15) is 43.8 Å². The van der Waals surface area contributed by atoms with E-state index in [2.05, 4.69) is 48.1 Å². The zero-order valence-corrected chi connectivity index (χ0v) is 60.8. The van der Waals surface area contributed by atoms with E-state index in [-0.39, 0.29) is 69.7 Å². The van der Waals surface area contributed by atoms with Gasteiger partial charge in [0.1, 0.15) is 35.8 Å². The van der Waals surface area contributed by atoms with Crippen LogP contribution in [0.15, 0.2) is 141 Å². The Morgan fingerprint density at radius 3 is 1.58 bits per heavy atom. The maximum Gasteiger partial charge on any atom is 0.338 e. The van der Waals surface area contributed by atoms with Crippen molar-refractivity contribution in [3.63, 3.8) is 0 Å². The lowest BCUT2D eigenvalue weighted by Crippen LogP contribution is -2.61. The Balaban J connectivity index is 0.000000125. The molecule has 21 heteroatoms. The van der Waals surface area contributed by atoms with Gasteiger partial charge in [0, 0.05) is 75.5 Å². The summed E-state index contributed by atoms with van der Waals surface area (Å²) in [6.45, 7) is 32.2. The molecule has 0 aromatic carbocycles. The van der Waals surface area contributed by atoms with Crippen molar-refractivity contribution < 1.29 is 101 Å². The second kappa shape index (κ2) is 27.7. The third-order valence-corrected chi connectivity index (χ3v) is 23.7. The molecule has 0 aromatic rings. The van der Waals surface area contributed by atoms with Crippen molar-refractivity contribution in [2.75, 3.05) is 0 Å². The van der Waals surface area contributed by atoms with Crippen molar-refractivity contribution in [2.24, 2.45) is 63.6 Å². The summed E-state index contributed by atoms with van der Waals surface area (Å²) in [5.74, 6) is -0.277. The molecule has 1 spiro atoms. The maximum atomic E-state index is 12.6. The summed E-state index contributed by atoms with van der Waals surface area (Å²) in [4.78, 5) is 83.6. The van der Waals surface area contributed by atoms with Crippen molar-refractivity contribution in [3.8, 4) is 0 Å². The lowest BCUT2D eigenvalue weighted by molar-refractivity contribution is -0.198. The minimum atomic E-state index is -1.14. The number of hydrogen-bond donors (Lipinski definition) is 2. The molecule has 2 bridgehead atoms. The Labute approximate surface area is 591 Å². The number of cyclic esters (lactones) is 3. The van der Waals surface area contributed by atoms with Crippen LogP contribution in [0, 0.1) is 63.6 Å². The smallest absolute Gasteiger partial charge is 0.338 e. The van der Waals surface area contributed by atoms with Crippen molar-refractivity contribution in [1.82, 2.24) is 0 Å². The SMILES string of the molecule is C=C1OC(O/C=C2/C(=O)OC3C2CC2CCCC(C)(C)C23)C=C1C.CC(C)C.CC1=CC(O/C=C2/C(=O)OC3C2C=C2CCCC(C)(C)C23O)OC1=O.CC1=CC(O/C=C2/C(=O)OC3C4=C(CCCC4C)CC23)OC1=O.CC1=CC(O/C=C2/C(=O)O[C@]34C(=C[C@H]2[C@H]3O)CCCC4(C)C)OC1=O. The van der Waals surface area contributed by atoms with Crippen LogP contribution in [0.5, 0.6) is 0 Å². The van der Waals surface area contributed by atoms with Gasteiger partial charge in [0.25, 0.3) is 25.2 Å². The molecule has 101 heavy (non-hydrogen) atoms. The highest BCUT2D eigenvalue weighted by atomic mass is 16.7. The van der Waals surface area contributed by atoms with Crippen LogP contribution in [0.25, 0.3) is 0 Å². The number of hydrogen-bond acceptors (Lipinski definition) is 21. The van der Waals surface area contributed by atoms with Gasteiger partial charge in [0.2, 0.25) is 0 Å². The van der Waals surface area contributed by atoms with Crippen molar-refractivity contribution in [1.29, 1.82) is 0 Å². The van der Waals surface area contributed by atoms with Crippen LogP contribution >= 0.6 is 0 Å². The monoisotopic (exact) mass is 1400 g/mol.